The molecule has 0 aromatic heterocycles. The van der Waals surface area contributed by atoms with Crippen molar-refractivity contribution >= 4 is 23.4 Å². The summed E-state index contributed by atoms with van der Waals surface area (Å²) in [5.74, 6) is 0.999. The number of piperidine rings is 1. The topological polar surface area (TPSA) is 29.5 Å². The summed E-state index contributed by atoms with van der Waals surface area (Å²) in [6.45, 7) is 3.75. The van der Waals surface area contributed by atoms with Crippen molar-refractivity contribution in [3.63, 3.8) is 0 Å². The van der Waals surface area contributed by atoms with Crippen molar-refractivity contribution in [3.05, 3.63) is 70.8 Å². The molecule has 0 N–H and O–H groups in total. The van der Waals surface area contributed by atoms with E-state index in [0.29, 0.717) is 6.61 Å². The maximum atomic E-state index is 12.0. The van der Waals surface area contributed by atoms with E-state index in [1.807, 2.05) is 23.6 Å². The zero-order chi connectivity index (χ0) is 17.9. The lowest BCUT2D eigenvalue weighted by Gasteiger charge is -2.29. The third-order valence-corrected chi connectivity index (χ3v) is 6.20. The third-order valence-electron chi connectivity index (χ3n) is 5.07. The van der Waals surface area contributed by atoms with Crippen molar-refractivity contribution in [2.75, 3.05) is 19.7 Å². The number of likely N-dealkylation sites (tertiary alicyclic amines) is 1. The average Bonchev–Trinajstić information content (AvgIpc) is 2.85. The molecular formula is C22H23NO2S. The Bertz CT molecular complexity index is 799. The van der Waals surface area contributed by atoms with Gasteiger partial charge in [-0.15, -0.1) is 11.8 Å². The van der Waals surface area contributed by atoms with Gasteiger partial charge in [-0.05, 0) is 48.1 Å². The molecule has 0 aliphatic carbocycles. The number of thioether (sulfide) groups is 1. The van der Waals surface area contributed by atoms with Gasteiger partial charge in [-0.1, -0.05) is 48.0 Å². The zero-order valence-corrected chi connectivity index (χ0v) is 15.8. The summed E-state index contributed by atoms with van der Waals surface area (Å²) in [5.41, 5.74) is 6.91. The number of ether oxygens (including phenoxy) is 1. The molecule has 3 nitrogen and oxygen atoms in total. The zero-order valence-electron chi connectivity index (χ0n) is 15.0. The summed E-state index contributed by atoms with van der Waals surface area (Å²) in [6, 6.07) is 17.5. The molecule has 2 aromatic carbocycles. The van der Waals surface area contributed by atoms with E-state index in [2.05, 4.69) is 48.5 Å². The summed E-state index contributed by atoms with van der Waals surface area (Å²) in [6.07, 6.45) is 1.62. The smallest absolute Gasteiger partial charge is 0.409 e. The molecule has 2 aromatic rings. The first-order valence-corrected chi connectivity index (χ1v) is 10.2. The number of fused-ring (bicyclic) bond motifs is 2. The lowest BCUT2D eigenvalue weighted by Crippen LogP contribution is -2.37. The van der Waals surface area contributed by atoms with Crippen molar-refractivity contribution in [3.8, 4) is 0 Å². The van der Waals surface area contributed by atoms with E-state index in [-0.39, 0.29) is 6.09 Å². The molecule has 1 saturated heterocycles. The molecular weight excluding hydrogens is 342 g/mol. The number of carbonyl (C=O) groups excluding carboxylic acids is 1. The van der Waals surface area contributed by atoms with Gasteiger partial charge in [0, 0.05) is 23.7 Å². The molecule has 0 unspecified atom stereocenters. The van der Waals surface area contributed by atoms with E-state index in [1.54, 1.807) is 0 Å². The van der Waals surface area contributed by atoms with E-state index in [0.717, 1.165) is 31.7 Å². The van der Waals surface area contributed by atoms with Gasteiger partial charge < -0.3 is 9.64 Å². The van der Waals surface area contributed by atoms with Crippen LogP contribution in [-0.4, -0.2) is 30.7 Å². The Balaban J connectivity index is 1.74. The van der Waals surface area contributed by atoms with Gasteiger partial charge in [0.05, 0.1) is 6.61 Å². The highest BCUT2D eigenvalue weighted by Gasteiger charge is 2.26. The molecule has 2 aliphatic heterocycles. The van der Waals surface area contributed by atoms with E-state index >= 15 is 0 Å². The average molecular weight is 365 g/mol. The molecule has 134 valence electrons. The number of rotatable bonds is 1. The summed E-state index contributed by atoms with van der Waals surface area (Å²) >= 11 is 1.91. The molecule has 1 fully saturated rings. The van der Waals surface area contributed by atoms with E-state index in [1.165, 1.54) is 32.7 Å². The molecule has 0 saturated carbocycles. The predicted octanol–water partition coefficient (Wildman–Crippen LogP) is 5.35. The van der Waals surface area contributed by atoms with Crippen LogP contribution in [0.15, 0.2) is 59.0 Å². The van der Waals surface area contributed by atoms with Gasteiger partial charge in [0.2, 0.25) is 0 Å². The quantitative estimate of drug-likeness (QED) is 0.682. The van der Waals surface area contributed by atoms with Crippen LogP contribution in [0.2, 0.25) is 0 Å². The van der Waals surface area contributed by atoms with Gasteiger partial charge in [-0.25, -0.2) is 4.79 Å². The van der Waals surface area contributed by atoms with Crippen LogP contribution in [0.3, 0.4) is 0 Å². The summed E-state index contributed by atoms with van der Waals surface area (Å²) in [5, 5.41) is 0. The molecule has 0 radical (unpaired) electrons. The van der Waals surface area contributed by atoms with E-state index in [9.17, 15) is 4.79 Å². The largest absolute Gasteiger partial charge is 0.450 e. The Hall–Kier alpha value is -2.20. The summed E-state index contributed by atoms with van der Waals surface area (Å²) in [7, 11) is 0. The van der Waals surface area contributed by atoms with Crippen molar-refractivity contribution in [1.29, 1.82) is 0 Å². The van der Waals surface area contributed by atoms with Gasteiger partial charge >= 0.3 is 6.09 Å². The Morgan fingerprint density at radius 1 is 1.04 bits per heavy atom. The SMILES string of the molecule is CCOC(=O)N1CCC(=C2c3ccccc3CSc3ccccc32)CC1. The number of benzene rings is 2. The fourth-order valence-electron chi connectivity index (χ4n) is 3.79. The lowest BCUT2D eigenvalue weighted by atomic mass is 9.86. The minimum absolute atomic E-state index is 0.186. The first-order chi connectivity index (χ1) is 12.8. The fourth-order valence-corrected chi connectivity index (χ4v) is 4.86. The van der Waals surface area contributed by atoms with E-state index in [4.69, 9.17) is 4.74 Å². The summed E-state index contributed by atoms with van der Waals surface area (Å²) in [4.78, 5) is 15.2. The van der Waals surface area contributed by atoms with Gasteiger partial charge in [-0.2, -0.15) is 0 Å². The third kappa shape index (κ3) is 3.26. The Kier molecular flexibility index (Phi) is 5.02. The highest BCUT2D eigenvalue weighted by atomic mass is 32.2. The normalized spacial score (nSPS) is 16.6. The molecule has 4 rings (SSSR count). The van der Waals surface area contributed by atoms with Crippen molar-refractivity contribution < 1.29 is 9.53 Å². The molecule has 2 aliphatic rings. The van der Waals surface area contributed by atoms with Gasteiger partial charge in [0.1, 0.15) is 0 Å². The monoisotopic (exact) mass is 365 g/mol. The number of nitrogens with zero attached hydrogens (tertiary/aromatic N) is 1. The second-order valence-corrected chi connectivity index (χ2v) is 7.62. The Labute approximate surface area is 159 Å². The minimum Gasteiger partial charge on any atom is -0.450 e. The molecule has 4 heteroatoms. The Morgan fingerprint density at radius 3 is 2.50 bits per heavy atom. The first kappa shape index (κ1) is 17.2. The molecule has 26 heavy (non-hydrogen) atoms. The van der Waals surface area contributed by atoms with Crippen LogP contribution in [-0.2, 0) is 10.5 Å². The number of amides is 1. The van der Waals surface area contributed by atoms with Crippen molar-refractivity contribution in [2.24, 2.45) is 0 Å². The van der Waals surface area contributed by atoms with Crippen LogP contribution >= 0.6 is 11.8 Å². The molecule has 0 spiro atoms. The lowest BCUT2D eigenvalue weighted by molar-refractivity contribution is 0.104. The first-order valence-electron chi connectivity index (χ1n) is 9.22. The van der Waals surface area contributed by atoms with Crippen LogP contribution in [0.25, 0.3) is 5.57 Å². The van der Waals surface area contributed by atoms with Crippen LogP contribution in [0.5, 0.6) is 0 Å². The van der Waals surface area contributed by atoms with Crippen LogP contribution < -0.4 is 0 Å². The fraction of sp³-hybridized carbons (Fsp3) is 0.318. The molecule has 1 amide bonds. The molecule has 2 heterocycles. The maximum Gasteiger partial charge on any atom is 0.409 e. The van der Waals surface area contributed by atoms with Crippen molar-refractivity contribution in [2.45, 2.75) is 30.4 Å². The van der Waals surface area contributed by atoms with Crippen LogP contribution in [0, 0.1) is 0 Å². The summed E-state index contributed by atoms with van der Waals surface area (Å²) < 4.78 is 5.16. The maximum absolute atomic E-state index is 12.0. The number of hydrogen-bond acceptors (Lipinski definition) is 3. The van der Waals surface area contributed by atoms with Crippen molar-refractivity contribution in [1.82, 2.24) is 4.90 Å². The van der Waals surface area contributed by atoms with Gasteiger partial charge in [0.25, 0.3) is 0 Å². The highest BCUT2D eigenvalue weighted by molar-refractivity contribution is 7.98. The standard InChI is InChI=1S/C22H23NO2S/c1-2-25-22(24)23-13-11-16(12-14-23)21-18-8-4-3-7-17(18)15-26-20-10-6-5-9-19(20)21/h3-10H,2,11-15H2,1H3. The number of carbonyl (C=O) groups is 1. The van der Waals surface area contributed by atoms with E-state index < -0.39 is 0 Å². The van der Waals surface area contributed by atoms with Gasteiger partial charge in [0.15, 0.2) is 0 Å². The highest BCUT2D eigenvalue weighted by Crippen LogP contribution is 2.43. The number of hydrogen-bond donors (Lipinski definition) is 0. The van der Waals surface area contributed by atoms with Gasteiger partial charge in [-0.3, -0.25) is 0 Å². The Morgan fingerprint density at radius 2 is 1.73 bits per heavy atom. The molecule has 0 bridgehead atoms. The molecule has 0 atom stereocenters. The minimum atomic E-state index is -0.186. The predicted molar refractivity (Wildman–Crippen MR) is 106 cm³/mol. The van der Waals surface area contributed by atoms with Crippen LogP contribution in [0.4, 0.5) is 4.79 Å². The second-order valence-electron chi connectivity index (χ2n) is 6.61. The van der Waals surface area contributed by atoms with Crippen LogP contribution in [0.1, 0.15) is 36.5 Å². The second kappa shape index (κ2) is 7.58.